The SMILES string of the molecule is Cc1nsc2nc(Nc3cnn(C4CCOCC4)c3)nc(NC3CCC(N4CCC(O)CC4)CC3)c12. The van der Waals surface area contributed by atoms with Crippen LogP contribution in [0.3, 0.4) is 0 Å². The van der Waals surface area contributed by atoms with Gasteiger partial charge >= 0.3 is 0 Å². The van der Waals surface area contributed by atoms with E-state index in [9.17, 15) is 5.11 Å². The number of hydrogen-bond donors (Lipinski definition) is 3. The van der Waals surface area contributed by atoms with Crippen LogP contribution in [-0.2, 0) is 4.74 Å². The van der Waals surface area contributed by atoms with Gasteiger partial charge in [-0.05, 0) is 69.8 Å². The molecule has 0 unspecified atom stereocenters. The molecule has 10 nitrogen and oxygen atoms in total. The van der Waals surface area contributed by atoms with Gasteiger partial charge in [0.2, 0.25) is 5.95 Å². The quantitative estimate of drug-likeness (QED) is 0.453. The molecule has 3 fully saturated rings. The fraction of sp³-hybridized carbons (Fsp3) is 0.680. The molecule has 6 rings (SSSR count). The van der Waals surface area contributed by atoms with Crippen molar-refractivity contribution in [3.8, 4) is 0 Å². The summed E-state index contributed by atoms with van der Waals surface area (Å²) in [5, 5.41) is 22.5. The van der Waals surface area contributed by atoms with Crippen molar-refractivity contribution in [1.29, 1.82) is 0 Å². The van der Waals surface area contributed by atoms with Gasteiger partial charge in [0.05, 0.1) is 35.1 Å². The van der Waals surface area contributed by atoms with E-state index in [1.807, 2.05) is 24.0 Å². The van der Waals surface area contributed by atoms with Gasteiger partial charge < -0.3 is 25.4 Å². The Bertz CT molecular complexity index is 1160. The predicted octanol–water partition coefficient (Wildman–Crippen LogP) is 3.87. The van der Waals surface area contributed by atoms with Crippen LogP contribution in [-0.4, -0.2) is 78.6 Å². The number of rotatable bonds is 6. The highest BCUT2D eigenvalue weighted by atomic mass is 32.1. The molecule has 3 N–H and O–H groups in total. The molecular weight excluding hydrogens is 476 g/mol. The van der Waals surface area contributed by atoms with Gasteiger partial charge in [0.1, 0.15) is 5.82 Å². The van der Waals surface area contributed by atoms with E-state index < -0.39 is 0 Å². The Balaban J connectivity index is 1.14. The topological polar surface area (TPSA) is 113 Å². The number of aliphatic hydroxyl groups excluding tert-OH is 1. The maximum absolute atomic E-state index is 9.83. The van der Waals surface area contributed by atoms with Crippen LogP contribution in [0, 0.1) is 6.92 Å². The lowest BCUT2D eigenvalue weighted by molar-refractivity contribution is 0.0495. The first kappa shape index (κ1) is 24.0. The van der Waals surface area contributed by atoms with Crippen molar-refractivity contribution in [2.75, 3.05) is 36.9 Å². The molecule has 0 radical (unpaired) electrons. The molecule has 5 heterocycles. The molecule has 1 saturated carbocycles. The molecule has 3 aromatic heterocycles. The van der Waals surface area contributed by atoms with E-state index in [1.165, 1.54) is 24.4 Å². The third-order valence-corrected chi connectivity index (χ3v) is 8.82. The minimum absolute atomic E-state index is 0.110. The summed E-state index contributed by atoms with van der Waals surface area (Å²) in [4.78, 5) is 13.1. The maximum atomic E-state index is 9.83. The highest BCUT2D eigenvalue weighted by Crippen LogP contribution is 2.33. The molecule has 0 amide bonds. The minimum atomic E-state index is -0.110. The molecule has 1 aliphatic carbocycles. The second kappa shape index (κ2) is 10.6. The zero-order valence-corrected chi connectivity index (χ0v) is 21.7. The number of nitrogens with one attached hydrogen (secondary N) is 2. The first-order valence-corrected chi connectivity index (χ1v) is 14.1. The Kier molecular flexibility index (Phi) is 7.05. The predicted molar refractivity (Wildman–Crippen MR) is 141 cm³/mol. The summed E-state index contributed by atoms with van der Waals surface area (Å²) in [6, 6.07) is 1.40. The highest BCUT2D eigenvalue weighted by Gasteiger charge is 2.29. The normalized spacial score (nSPS) is 24.8. The van der Waals surface area contributed by atoms with Crippen LogP contribution in [0.1, 0.15) is 63.1 Å². The van der Waals surface area contributed by atoms with Crippen LogP contribution in [0.5, 0.6) is 0 Å². The second-order valence-electron chi connectivity index (χ2n) is 10.4. The summed E-state index contributed by atoms with van der Waals surface area (Å²) in [5.41, 5.74) is 1.86. The van der Waals surface area contributed by atoms with E-state index in [4.69, 9.17) is 14.7 Å². The zero-order chi connectivity index (χ0) is 24.5. The molecule has 194 valence electrons. The lowest BCUT2D eigenvalue weighted by atomic mass is 9.89. The van der Waals surface area contributed by atoms with E-state index >= 15 is 0 Å². The Morgan fingerprint density at radius 3 is 2.56 bits per heavy atom. The number of aliphatic hydroxyl groups is 1. The molecule has 0 atom stereocenters. The van der Waals surface area contributed by atoms with Crippen molar-refractivity contribution in [1.82, 2.24) is 29.0 Å². The number of anilines is 3. The van der Waals surface area contributed by atoms with Crippen LogP contribution >= 0.6 is 11.5 Å². The van der Waals surface area contributed by atoms with Crippen molar-refractivity contribution in [2.45, 2.75) is 82.5 Å². The Morgan fingerprint density at radius 2 is 1.78 bits per heavy atom. The van der Waals surface area contributed by atoms with Gasteiger partial charge in [0.25, 0.3) is 0 Å². The van der Waals surface area contributed by atoms with Gasteiger partial charge in [0.15, 0.2) is 4.83 Å². The molecular formula is C25H36N8O2S. The second-order valence-corrected chi connectivity index (χ2v) is 11.2. The molecule has 0 bridgehead atoms. The van der Waals surface area contributed by atoms with Gasteiger partial charge in [-0.15, -0.1) is 0 Å². The van der Waals surface area contributed by atoms with Crippen molar-refractivity contribution in [3.63, 3.8) is 0 Å². The first-order chi connectivity index (χ1) is 17.6. The highest BCUT2D eigenvalue weighted by molar-refractivity contribution is 7.13. The van der Waals surface area contributed by atoms with Crippen LogP contribution in [0.25, 0.3) is 10.2 Å². The first-order valence-electron chi connectivity index (χ1n) is 13.3. The smallest absolute Gasteiger partial charge is 0.230 e. The number of hydrogen-bond acceptors (Lipinski definition) is 10. The summed E-state index contributed by atoms with van der Waals surface area (Å²) in [7, 11) is 0. The molecule has 0 aromatic carbocycles. The largest absolute Gasteiger partial charge is 0.393 e. The van der Waals surface area contributed by atoms with E-state index in [-0.39, 0.29) is 6.10 Å². The standard InChI is InChI=1S/C25H36N8O2S/c1-16-22-23(27-17-2-4-19(5-3-17)32-10-6-21(34)7-11-32)29-25(30-24(22)36-31-16)28-18-14-26-33(15-18)20-8-12-35-13-9-20/h14-15,17,19-21,34H,2-13H2,1H3,(H2,27,28,29,30). The molecule has 36 heavy (non-hydrogen) atoms. The minimum Gasteiger partial charge on any atom is -0.393 e. The number of aromatic nitrogens is 5. The third kappa shape index (κ3) is 5.20. The summed E-state index contributed by atoms with van der Waals surface area (Å²) in [6.45, 7) is 5.65. The molecule has 2 saturated heterocycles. The Hall–Kier alpha value is -2.34. The van der Waals surface area contributed by atoms with E-state index in [0.717, 1.165) is 92.2 Å². The summed E-state index contributed by atoms with van der Waals surface area (Å²) < 4.78 is 12.1. The average molecular weight is 513 g/mol. The van der Waals surface area contributed by atoms with Crippen molar-refractivity contribution >= 4 is 39.2 Å². The molecule has 3 aromatic rings. The summed E-state index contributed by atoms with van der Waals surface area (Å²) in [5.74, 6) is 1.44. The van der Waals surface area contributed by atoms with E-state index in [1.54, 1.807) is 0 Å². The van der Waals surface area contributed by atoms with E-state index in [0.29, 0.717) is 24.1 Å². The Morgan fingerprint density at radius 1 is 1.00 bits per heavy atom. The van der Waals surface area contributed by atoms with Crippen molar-refractivity contribution in [2.24, 2.45) is 0 Å². The zero-order valence-electron chi connectivity index (χ0n) is 20.9. The van der Waals surface area contributed by atoms with Crippen LogP contribution < -0.4 is 10.6 Å². The van der Waals surface area contributed by atoms with Crippen molar-refractivity contribution in [3.05, 3.63) is 18.1 Å². The number of ether oxygens (including phenoxy) is 1. The van der Waals surface area contributed by atoms with Crippen LogP contribution in [0.2, 0.25) is 0 Å². The van der Waals surface area contributed by atoms with Gasteiger partial charge in [-0.3, -0.25) is 4.68 Å². The van der Waals surface area contributed by atoms with Gasteiger partial charge in [-0.25, -0.2) is 0 Å². The van der Waals surface area contributed by atoms with Gasteiger partial charge in [-0.1, -0.05) is 0 Å². The number of nitrogens with zero attached hydrogens (tertiary/aromatic N) is 6. The summed E-state index contributed by atoms with van der Waals surface area (Å²) >= 11 is 1.42. The van der Waals surface area contributed by atoms with E-state index in [2.05, 4.69) is 25.0 Å². The fourth-order valence-electron chi connectivity index (χ4n) is 5.86. The van der Waals surface area contributed by atoms with Gasteiger partial charge in [0, 0.05) is 44.6 Å². The number of likely N-dealkylation sites (tertiary alicyclic amines) is 1. The van der Waals surface area contributed by atoms with Gasteiger partial charge in [-0.2, -0.15) is 19.4 Å². The Labute approximate surface area is 215 Å². The lowest BCUT2D eigenvalue weighted by Crippen LogP contribution is -2.45. The molecule has 2 aliphatic heterocycles. The van der Waals surface area contributed by atoms with Crippen molar-refractivity contribution < 1.29 is 9.84 Å². The molecule has 11 heteroatoms. The molecule has 0 spiro atoms. The average Bonchev–Trinajstić information content (AvgIpc) is 3.52. The lowest BCUT2D eigenvalue weighted by Gasteiger charge is -2.40. The molecule has 3 aliphatic rings. The maximum Gasteiger partial charge on any atom is 0.230 e. The number of aryl methyl sites for hydroxylation is 1. The summed E-state index contributed by atoms with van der Waals surface area (Å²) in [6.07, 6.45) is 12.2. The fourth-order valence-corrected chi connectivity index (χ4v) is 6.64. The van der Waals surface area contributed by atoms with Crippen LogP contribution in [0.4, 0.5) is 17.5 Å². The monoisotopic (exact) mass is 512 g/mol. The number of piperidine rings is 1. The number of fused-ring (bicyclic) bond motifs is 1. The third-order valence-electron chi connectivity index (χ3n) is 7.98. The van der Waals surface area contributed by atoms with Crippen LogP contribution in [0.15, 0.2) is 12.4 Å².